The molecule has 0 bridgehead atoms. The van der Waals surface area contributed by atoms with Crippen LogP contribution in [0.2, 0.25) is 5.02 Å². The Hall–Kier alpha value is -1.71. The van der Waals surface area contributed by atoms with Crippen LogP contribution in [0.1, 0.15) is 36.0 Å². The molecule has 0 radical (unpaired) electrons. The average molecular weight is 380 g/mol. The molecule has 3 heterocycles. The number of hydrazine groups is 3. The summed E-state index contributed by atoms with van der Waals surface area (Å²) >= 11 is 5.97. The van der Waals surface area contributed by atoms with Crippen LogP contribution in [0.15, 0.2) is 18.2 Å². The molecule has 0 saturated carbocycles. The Balaban J connectivity index is 1.33. The first-order chi connectivity index (χ1) is 12.6. The smallest absolute Gasteiger partial charge is 0.225 e. The molecule has 4 N–H and O–H groups in total. The molecule has 3 aliphatic heterocycles. The summed E-state index contributed by atoms with van der Waals surface area (Å²) in [4.78, 5) is 26.7. The zero-order valence-electron chi connectivity index (χ0n) is 14.3. The van der Waals surface area contributed by atoms with Gasteiger partial charge in [0.2, 0.25) is 5.91 Å². The predicted octanol–water partition coefficient (Wildman–Crippen LogP) is 0.746. The summed E-state index contributed by atoms with van der Waals surface area (Å²) < 4.78 is 6.08. The first kappa shape index (κ1) is 17.7. The van der Waals surface area contributed by atoms with Crippen molar-refractivity contribution in [3.8, 4) is 5.75 Å². The molecule has 1 unspecified atom stereocenters. The fourth-order valence-electron chi connectivity index (χ4n) is 3.79. The Labute approximate surface area is 156 Å². The number of ketones is 1. The summed E-state index contributed by atoms with van der Waals surface area (Å²) in [6, 6.07) is 5.18. The average Bonchev–Trinajstić information content (AvgIpc) is 3.15. The molecule has 140 valence electrons. The van der Waals surface area contributed by atoms with Crippen LogP contribution in [0.25, 0.3) is 0 Å². The number of benzene rings is 1. The molecule has 2 fully saturated rings. The number of ether oxygens (including phenoxy) is 1. The number of nitrogens with zero attached hydrogens (tertiary/aromatic N) is 1. The van der Waals surface area contributed by atoms with E-state index in [1.54, 1.807) is 18.2 Å². The minimum Gasteiger partial charge on any atom is -0.489 e. The molecule has 26 heavy (non-hydrogen) atoms. The van der Waals surface area contributed by atoms with Crippen LogP contribution in [-0.4, -0.2) is 41.9 Å². The van der Waals surface area contributed by atoms with Crippen LogP contribution >= 0.6 is 11.6 Å². The Morgan fingerprint density at radius 3 is 2.69 bits per heavy atom. The predicted molar refractivity (Wildman–Crippen MR) is 95.1 cm³/mol. The molecule has 3 aliphatic rings. The molecule has 0 spiro atoms. The summed E-state index contributed by atoms with van der Waals surface area (Å²) in [7, 11) is 0. The van der Waals surface area contributed by atoms with Crippen molar-refractivity contribution in [3.05, 3.63) is 28.8 Å². The molecular weight excluding hydrogens is 358 g/mol. The van der Waals surface area contributed by atoms with E-state index in [9.17, 15) is 9.59 Å². The van der Waals surface area contributed by atoms with Crippen molar-refractivity contribution in [2.24, 2.45) is 5.92 Å². The fourth-order valence-corrected chi connectivity index (χ4v) is 3.96. The van der Waals surface area contributed by atoms with Gasteiger partial charge < -0.3 is 9.64 Å². The van der Waals surface area contributed by atoms with E-state index in [1.807, 2.05) is 4.90 Å². The molecule has 1 atom stereocenters. The Morgan fingerprint density at radius 1 is 1.23 bits per heavy atom. The van der Waals surface area contributed by atoms with Crippen LogP contribution < -0.4 is 26.7 Å². The van der Waals surface area contributed by atoms with E-state index in [-0.39, 0.29) is 29.9 Å². The second-order valence-electron chi connectivity index (χ2n) is 6.94. The second-order valence-corrected chi connectivity index (χ2v) is 7.37. The number of rotatable bonds is 3. The number of amides is 1. The van der Waals surface area contributed by atoms with Gasteiger partial charge in [0.25, 0.3) is 0 Å². The zero-order valence-corrected chi connectivity index (χ0v) is 15.0. The van der Waals surface area contributed by atoms with Gasteiger partial charge in [-0.3, -0.25) is 9.59 Å². The van der Waals surface area contributed by atoms with E-state index in [1.165, 1.54) is 0 Å². The normalized spacial score (nSPS) is 24.4. The lowest BCUT2D eigenvalue weighted by atomic mass is 9.86. The number of Topliss-reactive ketones (excluding diaryl/α,β-unsaturated/α-hetero) is 1. The zero-order chi connectivity index (χ0) is 18.1. The number of hydrogen-bond donors (Lipinski definition) is 4. The Kier molecular flexibility index (Phi) is 5.10. The van der Waals surface area contributed by atoms with Crippen molar-refractivity contribution in [1.82, 2.24) is 26.8 Å². The van der Waals surface area contributed by atoms with Gasteiger partial charge in [0.15, 0.2) is 5.78 Å². The maximum Gasteiger partial charge on any atom is 0.225 e. The third kappa shape index (κ3) is 3.70. The quantitative estimate of drug-likeness (QED) is 0.615. The van der Waals surface area contributed by atoms with Crippen LogP contribution in [-0.2, 0) is 4.79 Å². The lowest BCUT2D eigenvalue weighted by Crippen LogP contribution is -2.46. The van der Waals surface area contributed by atoms with Gasteiger partial charge in [0.05, 0.1) is 18.2 Å². The highest BCUT2D eigenvalue weighted by atomic mass is 35.5. The van der Waals surface area contributed by atoms with Crippen molar-refractivity contribution in [2.75, 3.05) is 13.1 Å². The van der Waals surface area contributed by atoms with E-state index in [2.05, 4.69) is 21.9 Å². The van der Waals surface area contributed by atoms with Gasteiger partial charge in [0, 0.05) is 24.5 Å². The molecule has 4 rings (SSSR count). The van der Waals surface area contributed by atoms with Crippen molar-refractivity contribution >= 4 is 23.3 Å². The highest BCUT2D eigenvalue weighted by Crippen LogP contribution is 2.35. The maximum atomic E-state index is 12.4. The van der Waals surface area contributed by atoms with Crippen LogP contribution in [0, 0.1) is 5.92 Å². The standard InChI is InChI=1S/C17H22ClN5O3/c18-11-1-2-14-12(7-11)13(24)8-15(26-14)10-3-5-23(6-4-10)17(25)9-16-19-21-22-20-16/h1-2,7,10,15-16,19-22H,3-6,8-9H2. The minimum absolute atomic E-state index is 0.0793. The second kappa shape index (κ2) is 7.50. The molecule has 1 amide bonds. The Bertz CT molecular complexity index is 702. The number of nitrogens with one attached hydrogen (secondary N) is 4. The van der Waals surface area contributed by atoms with Gasteiger partial charge in [0.1, 0.15) is 11.9 Å². The fraction of sp³-hybridized carbons (Fsp3) is 0.529. The molecule has 0 aromatic heterocycles. The number of fused-ring (bicyclic) bond motifs is 1. The van der Waals surface area contributed by atoms with Gasteiger partial charge in [-0.1, -0.05) is 11.6 Å². The molecule has 2 saturated heterocycles. The first-order valence-corrected chi connectivity index (χ1v) is 9.26. The van der Waals surface area contributed by atoms with Gasteiger partial charge in [-0.25, -0.2) is 10.9 Å². The molecule has 8 nitrogen and oxygen atoms in total. The van der Waals surface area contributed by atoms with Crippen molar-refractivity contribution in [2.45, 2.75) is 38.0 Å². The van der Waals surface area contributed by atoms with Crippen molar-refractivity contribution in [1.29, 1.82) is 0 Å². The number of hydrogen-bond acceptors (Lipinski definition) is 7. The first-order valence-electron chi connectivity index (χ1n) is 8.88. The van der Waals surface area contributed by atoms with Crippen molar-refractivity contribution in [3.63, 3.8) is 0 Å². The van der Waals surface area contributed by atoms with Crippen LogP contribution in [0.3, 0.4) is 0 Å². The number of halogens is 1. The summed E-state index contributed by atoms with van der Waals surface area (Å²) in [6.07, 6.45) is 2.18. The molecule has 0 aliphatic carbocycles. The number of carbonyl (C=O) groups excluding carboxylic acids is 2. The van der Waals surface area contributed by atoms with Gasteiger partial charge in [-0.15, -0.1) is 0 Å². The van der Waals surface area contributed by atoms with Crippen molar-refractivity contribution < 1.29 is 14.3 Å². The minimum atomic E-state index is -0.125. The van der Waals surface area contributed by atoms with E-state index < -0.39 is 0 Å². The third-order valence-corrected chi connectivity index (χ3v) is 5.49. The summed E-state index contributed by atoms with van der Waals surface area (Å²) in [6.45, 7) is 1.39. The lowest BCUT2D eigenvalue weighted by molar-refractivity contribution is -0.133. The number of piperidine rings is 1. The monoisotopic (exact) mass is 379 g/mol. The third-order valence-electron chi connectivity index (χ3n) is 5.26. The van der Waals surface area contributed by atoms with Gasteiger partial charge in [-0.2, -0.15) is 11.1 Å². The highest BCUT2D eigenvalue weighted by Gasteiger charge is 2.35. The summed E-state index contributed by atoms with van der Waals surface area (Å²) in [5.41, 5.74) is 11.8. The highest BCUT2D eigenvalue weighted by molar-refractivity contribution is 6.31. The van der Waals surface area contributed by atoms with Gasteiger partial charge >= 0.3 is 0 Å². The van der Waals surface area contributed by atoms with E-state index in [0.717, 1.165) is 12.8 Å². The van der Waals surface area contributed by atoms with E-state index in [4.69, 9.17) is 16.3 Å². The topological polar surface area (TPSA) is 94.7 Å². The van der Waals surface area contributed by atoms with Crippen LogP contribution in [0.5, 0.6) is 5.75 Å². The number of likely N-dealkylation sites (tertiary alicyclic amines) is 1. The van der Waals surface area contributed by atoms with E-state index in [0.29, 0.717) is 42.3 Å². The SMILES string of the molecule is O=C1CC(C2CCN(C(=O)CC3NNNN3)CC2)Oc2ccc(Cl)cc21. The van der Waals surface area contributed by atoms with Gasteiger partial charge in [-0.05, 0) is 37.0 Å². The van der Waals surface area contributed by atoms with Crippen LogP contribution in [0.4, 0.5) is 0 Å². The maximum absolute atomic E-state index is 12.4. The van der Waals surface area contributed by atoms with E-state index >= 15 is 0 Å². The lowest BCUT2D eigenvalue weighted by Gasteiger charge is -2.38. The summed E-state index contributed by atoms with van der Waals surface area (Å²) in [5.74, 6) is 1.08. The Morgan fingerprint density at radius 2 is 1.96 bits per heavy atom. The largest absolute Gasteiger partial charge is 0.489 e. The molecule has 1 aromatic carbocycles. The number of carbonyl (C=O) groups is 2. The molecule has 9 heteroatoms. The molecular formula is C17H22ClN5O3. The summed E-state index contributed by atoms with van der Waals surface area (Å²) in [5, 5.41) is 0.544. The molecule has 1 aromatic rings.